The lowest BCUT2D eigenvalue weighted by molar-refractivity contribution is 0.0931. The normalized spacial score (nSPS) is 14.9. The molecule has 2 N–H and O–H groups in total. The number of halogens is 2. The third kappa shape index (κ3) is 4.02. The third-order valence-electron chi connectivity index (χ3n) is 4.98. The summed E-state index contributed by atoms with van der Waals surface area (Å²) in [5.41, 5.74) is 2.24. The Balaban J connectivity index is 1.35. The Morgan fingerprint density at radius 2 is 1.89 bits per heavy atom. The number of hydrogen-bond acceptors (Lipinski definition) is 3. The molecule has 144 valence electrons. The van der Waals surface area contributed by atoms with Crippen LogP contribution >= 0.6 is 11.6 Å². The number of benzene rings is 2. The maximum Gasteiger partial charge on any atom is 0.253 e. The molecule has 1 aromatic heterocycles. The van der Waals surface area contributed by atoms with Gasteiger partial charge in [0.25, 0.3) is 5.91 Å². The molecule has 28 heavy (non-hydrogen) atoms. The maximum absolute atomic E-state index is 13.4. The molecule has 0 atom stereocenters. The van der Waals surface area contributed by atoms with E-state index >= 15 is 0 Å². The van der Waals surface area contributed by atoms with Gasteiger partial charge in [0.1, 0.15) is 5.82 Å². The molecule has 0 aliphatic carbocycles. The fourth-order valence-electron chi connectivity index (χ4n) is 3.43. The Hall–Kier alpha value is -2.86. The standard InChI is InChI=1S/C21H20ClFN4O/c22-18-7-6-15(23)12-17(18)21(28)24-16-8-10-27(11-9-16)20-13-19(25-26-20)14-4-2-1-3-5-14/h1-7,12-13,16H,8-11H2,(H,24,28)(H,25,26). The van der Waals surface area contributed by atoms with Gasteiger partial charge in [-0.15, -0.1) is 0 Å². The zero-order valence-corrected chi connectivity index (χ0v) is 15.9. The number of carbonyl (C=O) groups excluding carboxylic acids is 1. The first-order chi connectivity index (χ1) is 13.6. The minimum Gasteiger partial charge on any atom is -0.355 e. The van der Waals surface area contributed by atoms with Crippen molar-refractivity contribution in [2.45, 2.75) is 18.9 Å². The van der Waals surface area contributed by atoms with Crippen LogP contribution in [0.4, 0.5) is 10.2 Å². The molecule has 1 amide bonds. The number of anilines is 1. The molecular formula is C21H20ClFN4O. The summed E-state index contributed by atoms with van der Waals surface area (Å²) in [7, 11) is 0. The summed E-state index contributed by atoms with van der Waals surface area (Å²) in [6.07, 6.45) is 1.57. The number of nitrogens with zero attached hydrogens (tertiary/aromatic N) is 2. The zero-order valence-electron chi connectivity index (χ0n) is 15.2. The van der Waals surface area contributed by atoms with Crippen LogP contribution in [0, 0.1) is 5.82 Å². The van der Waals surface area contributed by atoms with Crippen molar-refractivity contribution in [3.8, 4) is 11.3 Å². The molecule has 1 aliphatic rings. The Morgan fingerprint density at radius 1 is 1.14 bits per heavy atom. The van der Waals surface area contributed by atoms with Crippen molar-refractivity contribution in [2.75, 3.05) is 18.0 Å². The highest BCUT2D eigenvalue weighted by atomic mass is 35.5. The topological polar surface area (TPSA) is 61.0 Å². The van der Waals surface area contributed by atoms with Crippen molar-refractivity contribution in [2.24, 2.45) is 0 Å². The second kappa shape index (κ2) is 8.02. The van der Waals surface area contributed by atoms with E-state index in [1.165, 1.54) is 18.2 Å². The van der Waals surface area contributed by atoms with E-state index in [0.29, 0.717) is 0 Å². The Morgan fingerprint density at radius 3 is 2.64 bits per heavy atom. The molecule has 5 nitrogen and oxygen atoms in total. The predicted octanol–water partition coefficient (Wildman–Crippen LogP) is 4.27. The molecule has 1 aliphatic heterocycles. The van der Waals surface area contributed by atoms with Gasteiger partial charge < -0.3 is 10.2 Å². The summed E-state index contributed by atoms with van der Waals surface area (Å²) < 4.78 is 13.4. The quantitative estimate of drug-likeness (QED) is 0.690. The monoisotopic (exact) mass is 398 g/mol. The lowest BCUT2D eigenvalue weighted by Gasteiger charge is -2.32. The first kappa shape index (κ1) is 18.5. The van der Waals surface area contributed by atoms with Crippen LogP contribution < -0.4 is 10.2 Å². The maximum atomic E-state index is 13.4. The van der Waals surface area contributed by atoms with E-state index in [2.05, 4.69) is 20.4 Å². The van der Waals surface area contributed by atoms with E-state index in [0.717, 1.165) is 43.0 Å². The van der Waals surface area contributed by atoms with Crippen molar-refractivity contribution < 1.29 is 9.18 Å². The van der Waals surface area contributed by atoms with Crippen LogP contribution in [0.2, 0.25) is 5.02 Å². The second-order valence-electron chi connectivity index (χ2n) is 6.86. The average molecular weight is 399 g/mol. The summed E-state index contributed by atoms with van der Waals surface area (Å²) in [5, 5.41) is 10.7. The number of carbonyl (C=O) groups is 1. The molecule has 0 bridgehead atoms. The van der Waals surface area contributed by atoms with Gasteiger partial charge in [-0.3, -0.25) is 9.89 Å². The minimum atomic E-state index is -0.475. The van der Waals surface area contributed by atoms with Gasteiger partial charge in [0, 0.05) is 25.2 Å². The van der Waals surface area contributed by atoms with Gasteiger partial charge in [-0.1, -0.05) is 41.9 Å². The predicted molar refractivity (Wildman–Crippen MR) is 108 cm³/mol. The number of aromatic nitrogens is 2. The lowest BCUT2D eigenvalue weighted by Crippen LogP contribution is -2.44. The molecule has 1 fully saturated rings. The second-order valence-corrected chi connectivity index (χ2v) is 7.27. The molecular weight excluding hydrogens is 379 g/mol. The van der Waals surface area contributed by atoms with Crippen LogP contribution in [-0.4, -0.2) is 35.2 Å². The fraction of sp³-hybridized carbons (Fsp3) is 0.238. The van der Waals surface area contributed by atoms with Crippen LogP contribution in [0.25, 0.3) is 11.3 Å². The molecule has 0 saturated carbocycles. The van der Waals surface area contributed by atoms with Gasteiger partial charge in [-0.05, 0) is 36.6 Å². The van der Waals surface area contributed by atoms with Gasteiger partial charge in [-0.2, -0.15) is 5.10 Å². The first-order valence-electron chi connectivity index (χ1n) is 9.22. The van der Waals surface area contributed by atoms with Crippen molar-refractivity contribution in [1.82, 2.24) is 15.5 Å². The average Bonchev–Trinajstić information content (AvgIpc) is 3.21. The summed E-state index contributed by atoms with van der Waals surface area (Å²) in [6, 6.07) is 15.9. The Kier molecular flexibility index (Phi) is 5.30. The van der Waals surface area contributed by atoms with Gasteiger partial charge in [-0.25, -0.2) is 4.39 Å². The zero-order chi connectivity index (χ0) is 19.5. The van der Waals surface area contributed by atoms with Crippen molar-refractivity contribution >= 4 is 23.3 Å². The van der Waals surface area contributed by atoms with Crippen LogP contribution in [0.5, 0.6) is 0 Å². The van der Waals surface area contributed by atoms with E-state index in [1.807, 2.05) is 36.4 Å². The molecule has 1 saturated heterocycles. The number of aromatic amines is 1. The smallest absolute Gasteiger partial charge is 0.253 e. The van der Waals surface area contributed by atoms with Gasteiger partial charge in [0.15, 0.2) is 5.82 Å². The highest BCUT2D eigenvalue weighted by molar-refractivity contribution is 6.33. The summed E-state index contributed by atoms with van der Waals surface area (Å²) in [4.78, 5) is 14.6. The molecule has 0 spiro atoms. The fourth-order valence-corrected chi connectivity index (χ4v) is 3.63. The van der Waals surface area contributed by atoms with Gasteiger partial charge in [0.2, 0.25) is 0 Å². The lowest BCUT2D eigenvalue weighted by atomic mass is 10.0. The molecule has 7 heteroatoms. The summed E-state index contributed by atoms with van der Waals surface area (Å²) in [5.74, 6) is 0.0861. The number of nitrogens with one attached hydrogen (secondary N) is 2. The van der Waals surface area contributed by atoms with Gasteiger partial charge in [0.05, 0.1) is 16.3 Å². The number of H-pyrrole nitrogens is 1. The molecule has 0 radical (unpaired) electrons. The highest BCUT2D eigenvalue weighted by Crippen LogP contribution is 2.24. The minimum absolute atomic E-state index is 0.0237. The number of piperidine rings is 1. The van der Waals surface area contributed by atoms with E-state index in [1.54, 1.807) is 0 Å². The van der Waals surface area contributed by atoms with Crippen LogP contribution in [-0.2, 0) is 0 Å². The summed E-state index contributed by atoms with van der Waals surface area (Å²) in [6.45, 7) is 1.56. The van der Waals surface area contributed by atoms with Crippen molar-refractivity contribution in [3.63, 3.8) is 0 Å². The molecule has 2 aromatic carbocycles. The molecule has 0 unspecified atom stereocenters. The van der Waals surface area contributed by atoms with Gasteiger partial charge >= 0.3 is 0 Å². The van der Waals surface area contributed by atoms with E-state index < -0.39 is 5.82 Å². The van der Waals surface area contributed by atoms with E-state index in [9.17, 15) is 9.18 Å². The Bertz CT molecular complexity index is 968. The molecule has 2 heterocycles. The van der Waals surface area contributed by atoms with Crippen LogP contribution in [0.3, 0.4) is 0 Å². The van der Waals surface area contributed by atoms with E-state index in [4.69, 9.17) is 11.6 Å². The number of rotatable bonds is 4. The third-order valence-corrected chi connectivity index (χ3v) is 5.31. The van der Waals surface area contributed by atoms with Crippen LogP contribution in [0.15, 0.2) is 54.6 Å². The highest BCUT2D eigenvalue weighted by Gasteiger charge is 2.23. The first-order valence-corrected chi connectivity index (χ1v) is 9.59. The van der Waals surface area contributed by atoms with Crippen molar-refractivity contribution in [1.29, 1.82) is 0 Å². The summed E-state index contributed by atoms with van der Waals surface area (Å²) >= 11 is 6.02. The molecule has 3 aromatic rings. The van der Waals surface area contributed by atoms with E-state index in [-0.39, 0.29) is 22.5 Å². The SMILES string of the molecule is O=C(NC1CCN(c2cc(-c3ccccc3)[nH]n2)CC1)c1cc(F)ccc1Cl. The molecule has 4 rings (SSSR count). The number of hydrogen-bond donors (Lipinski definition) is 2. The largest absolute Gasteiger partial charge is 0.355 e. The van der Waals surface area contributed by atoms with Crippen LogP contribution in [0.1, 0.15) is 23.2 Å². The van der Waals surface area contributed by atoms with Crippen molar-refractivity contribution in [3.05, 3.63) is 71.0 Å². The number of amides is 1. The Labute approximate surface area is 167 Å².